The summed E-state index contributed by atoms with van der Waals surface area (Å²) in [6, 6.07) is 23.5. The molecule has 1 atom stereocenters. The zero-order valence-corrected chi connectivity index (χ0v) is 16.1. The number of aryl methyl sites for hydroxylation is 1. The quantitative estimate of drug-likeness (QED) is 0.705. The summed E-state index contributed by atoms with van der Waals surface area (Å²) < 4.78 is 0. The Labute approximate surface area is 169 Å². The van der Waals surface area contributed by atoms with E-state index in [1.165, 1.54) is 10.5 Å². The smallest absolute Gasteiger partial charge is 0.268 e. The van der Waals surface area contributed by atoms with Crippen molar-refractivity contribution < 1.29 is 14.7 Å². The van der Waals surface area contributed by atoms with Crippen molar-refractivity contribution >= 4 is 23.2 Å². The average molecular weight is 386 g/mol. The average Bonchev–Trinajstić information content (AvgIpc) is 2.98. The van der Waals surface area contributed by atoms with Crippen LogP contribution in [-0.2, 0) is 21.6 Å². The fraction of sp³-hybridized carbons (Fsp3) is 0.167. The van der Waals surface area contributed by atoms with Crippen LogP contribution in [0.4, 0.5) is 11.4 Å². The molecule has 1 heterocycles. The molecule has 2 amide bonds. The van der Waals surface area contributed by atoms with Gasteiger partial charge in [0.05, 0.1) is 5.69 Å². The van der Waals surface area contributed by atoms with Gasteiger partial charge in [-0.3, -0.25) is 14.5 Å². The highest BCUT2D eigenvalue weighted by Gasteiger charge is 2.51. The van der Waals surface area contributed by atoms with Crippen molar-refractivity contribution in [1.29, 1.82) is 0 Å². The van der Waals surface area contributed by atoms with E-state index in [0.29, 0.717) is 22.5 Å². The molecule has 1 aliphatic rings. The van der Waals surface area contributed by atoms with E-state index in [2.05, 4.69) is 12.2 Å². The number of para-hydroxylation sites is 1. The van der Waals surface area contributed by atoms with Gasteiger partial charge in [0.2, 0.25) is 5.91 Å². The third-order valence-corrected chi connectivity index (χ3v) is 5.28. The highest BCUT2D eigenvalue weighted by atomic mass is 16.3. The molecule has 0 unspecified atom stereocenters. The molecular weight excluding hydrogens is 364 g/mol. The third-order valence-electron chi connectivity index (χ3n) is 5.28. The molecule has 0 aromatic heterocycles. The van der Waals surface area contributed by atoms with Gasteiger partial charge in [-0.15, -0.1) is 0 Å². The van der Waals surface area contributed by atoms with E-state index >= 15 is 0 Å². The van der Waals surface area contributed by atoms with Gasteiger partial charge >= 0.3 is 0 Å². The number of benzene rings is 3. The summed E-state index contributed by atoms with van der Waals surface area (Å²) in [7, 11) is 0. The maximum absolute atomic E-state index is 13.3. The molecule has 3 aromatic carbocycles. The standard InChI is InChI=1S/C24H22N2O3/c1-2-17-12-14-19(15-13-17)25-22(27)16-26-21-11-7-6-10-20(21)24(29,23(26)28)18-8-4-3-5-9-18/h3-15,29H,2,16H2,1H3,(H,25,27)/t24-/m1/s1. The molecule has 0 saturated carbocycles. The van der Waals surface area contributed by atoms with Crippen LogP contribution in [-0.4, -0.2) is 23.5 Å². The molecular formula is C24H22N2O3. The number of amides is 2. The van der Waals surface area contributed by atoms with E-state index in [1.807, 2.05) is 30.3 Å². The molecule has 0 spiro atoms. The fourth-order valence-electron chi connectivity index (χ4n) is 3.72. The molecule has 2 N–H and O–H groups in total. The second kappa shape index (κ2) is 7.53. The molecule has 0 aliphatic carbocycles. The van der Waals surface area contributed by atoms with Crippen molar-refractivity contribution in [3.05, 3.63) is 95.6 Å². The Balaban J connectivity index is 1.61. The van der Waals surface area contributed by atoms with Crippen molar-refractivity contribution in [3.8, 4) is 0 Å². The minimum Gasteiger partial charge on any atom is -0.372 e. The van der Waals surface area contributed by atoms with Crippen LogP contribution in [0.5, 0.6) is 0 Å². The molecule has 5 nitrogen and oxygen atoms in total. The van der Waals surface area contributed by atoms with E-state index in [1.54, 1.807) is 48.5 Å². The van der Waals surface area contributed by atoms with Gasteiger partial charge in [0.15, 0.2) is 5.60 Å². The van der Waals surface area contributed by atoms with E-state index in [0.717, 1.165) is 6.42 Å². The number of rotatable bonds is 5. The van der Waals surface area contributed by atoms with Gasteiger partial charge in [-0.05, 0) is 35.7 Å². The van der Waals surface area contributed by atoms with Gasteiger partial charge in [0.25, 0.3) is 5.91 Å². The first-order chi connectivity index (χ1) is 14.0. The van der Waals surface area contributed by atoms with Gasteiger partial charge in [-0.1, -0.05) is 67.6 Å². The van der Waals surface area contributed by atoms with E-state index in [4.69, 9.17) is 0 Å². The summed E-state index contributed by atoms with van der Waals surface area (Å²) in [5.41, 5.74) is 1.55. The first kappa shape index (κ1) is 18.9. The zero-order chi connectivity index (χ0) is 20.4. The van der Waals surface area contributed by atoms with Gasteiger partial charge < -0.3 is 10.4 Å². The molecule has 3 aromatic rings. The molecule has 5 heteroatoms. The van der Waals surface area contributed by atoms with Crippen LogP contribution >= 0.6 is 0 Å². The Kier molecular flexibility index (Phi) is 4.91. The minimum absolute atomic E-state index is 0.180. The number of nitrogens with one attached hydrogen (secondary N) is 1. The second-order valence-electron chi connectivity index (χ2n) is 7.08. The number of carbonyl (C=O) groups excluding carboxylic acids is 2. The molecule has 146 valence electrons. The topological polar surface area (TPSA) is 69.6 Å². The summed E-state index contributed by atoms with van der Waals surface area (Å²) in [4.78, 5) is 27.2. The summed E-state index contributed by atoms with van der Waals surface area (Å²) >= 11 is 0. The molecule has 29 heavy (non-hydrogen) atoms. The fourth-order valence-corrected chi connectivity index (χ4v) is 3.72. The van der Waals surface area contributed by atoms with Gasteiger partial charge in [-0.25, -0.2) is 0 Å². The highest BCUT2D eigenvalue weighted by molar-refractivity contribution is 6.12. The van der Waals surface area contributed by atoms with Crippen molar-refractivity contribution in [1.82, 2.24) is 0 Å². The normalized spacial score (nSPS) is 17.9. The Morgan fingerprint density at radius 1 is 0.966 bits per heavy atom. The first-order valence-corrected chi connectivity index (χ1v) is 9.62. The molecule has 0 bridgehead atoms. The number of anilines is 2. The molecule has 1 aliphatic heterocycles. The number of hydrogen-bond donors (Lipinski definition) is 2. The molecule has 0 saturated heterocycles. The molecule has 0 radical (unpaired) electrons. The first-order valence-electron chi connectivity index (χ1n) is 9.62. The van der Waals surface area contributed by atoms with E-state index < -0.39 is 11.5 Å². The number of carbonyl (C=O) groups is 2. The predicted molar refractivity (Wildman–Crippen MR) is 113 cm³/mol. The Morgan fingerprint density at radius 3 is 2.31 bits per heavy atom. The number of hydrogen-bond acceptors (Lipinski definition) is 3. The summed E-state index contributed by atoms with van der Waals surface area (Å²) in [6.45, 7) is 1.89. The molecule has 0 fully saturated rings. The lowest BCUT2D eigenvalue weighted by Gasteiger charge is -2.23. The van der Waals surface area contributed by atoms with Crippen molar-refractivity contribution in [2.45, 2.75) is 18.9 Å². The Bertz CT molecular complexity index is 1050. The van der Waals surface area contributed by atoms with Crippen LogP contribution in [0.3, 0.4) is 0 Å². The number of nitrogens with zero attached hydrogens (tertiary/aromatic N) is 1. The SMILES string of the molecule is CCc1ccc(NC(=O)CN2C(=O)[C@@](O)(c3ccccc3)c3ccccc32)cc1. The summed E-state index contributed by atoms with van der Waals surface area (Å²) in [5, 5.41) is 14.2. The summed E-state index contributed by atoms with van der Waals surface area (Å²) in [5.74, 6) is -0.851. The van der Waals surface area contributed by atoms with Crippen molar-refractivity contribution in [2.24, 2.45) is 0 Å². The second-order valence-corrected chi connectivity index (χ2v) is 7.08. The maximum atomic E-state index is 13.3. The lowest BCUT2D eigenvalue weighted by Crippen LogP contribution is -2.44. The summed E-state index contributed by atoms with van der Waals surface area (Å²) in [6.07, 6.45) is 0.922. The van der Waals surface area contributed by atoms with Crippen LogP contribution in [0.2, 0.25) is 0 Å². The lowest BCUT2D eigenvalue weighted by molar-refractivity contribution is -0.133. The minimum atomic E-state index is -1.80. The maximum Gasteiger partial charge on any atom is 0.268 e. The van der Waals surface area contributed by atoms with Gasteiger partial charge in [0, 0.05) is 11.3 Å². The Hall–Kier alpha value is -3.44. The number of fused-ring (bicyclic) bond motifs is 1. The predicted octanol–water partition coefficient (Wildman–Crippen LogP) is 3.47. The van der Waals surface area contributed by atoms with Crippen molar-refractivity contribution in [2.75, 3.05) is 16.8 Å². The Morgan fingerprint density at radius 2 is 1.62 bits per heavy atom. The van der Waals surface area contributed by atoms with E-state index in [9.17, 15) is 14.7 Å². The van der Waals surface area contributed by atoms with Crippen LogP contribution in [0, 0.1) is 0 Å². The van der Waals surface area contributed by atoms with Crippen LogP contribution in [0.25, 0.3) is 0 Å². The largest absolute Gasteiger partial charge is 0.372 e. The van der Waals surface area contributed by atoms with Crippen molar-refractivity contribution in [3.63, 3.8) is 0 Å². The van der Waals surface area contributed by atoms with Crippen LogP contribution in [0.1, 0.15) is 23.6 Å². The molecule has 4 rings (SSSR count). The lowest BCUT2D eigenvalue weighted by atomic mass is 9.88. The number of aliphatic hydroxyl groups is 1. The van der Waals surface area contributed by atoms with Gasteiger partial charge in [0.1, 0.15) is 6.54 Å². The van der Waals surface area contributed by atoms with Crippen LogP contribution < -0.4 is 10.2 Å². The van der Waals surface area contributed by atoms with Crippen LogP contribution in [0.15, 0.2) is 78.9 Å². The van der Waals surface area contributed by atoms with Gasteiger partial charge in [-0.2, -0.15) is 0 Å². The highest BCUT2D eigenvalue weighted by Crippen LogP contribution is 2.44. The monoisotopic (exact) mass is 386 g/mol. The third kappa shape index (κ3) is 3.30. The zero-order valence-electron chi connectivity index (χ0n) is 16.1. The van der Waals surface area contributed by atoms with E-state index in [-0.39, 0.29) is 12.5 Å².